The fraction of sp³-hybridized carbons (Fsp3) is 1.00. The second kappa shape index (κ2) is 6.52. The van der Waals surface area contributed by atoms with Gasteiger partial charge in [0.05, 0.1) is 0 Å². The van der Waals surface area contributed by atoms with Gasteiger partial charge in [0, 0.05) is 0 Å². The Morgan fingerprint density at radius 1 is 1.13 bits per heavy atom. The molecule has 0 aliphatic heterocycles. The summed E-state index contributed by atoms with van der Waals surface area (Å²) in [6, 6.07) is 0. The molecule has 0 radical (unpaired) electrons. The number of rotatable bonds is 5. The molecule has 1 nitrogen and oxygen atoms in total. The van der Waals surface area contributed by atoms with Gasteiger partial charge in [-0.1, -0.05) is 40.0 Å². The molecule has 1 fully saturated rings. The molecule has 1 saturated carbocycles. The molecule has 3 unspecified atom stereocenters. The lowest BCUT2D eigenvalue weighted by Gasteiger charge is -2.36. The molecule has 1 rings (SSSR count). The molecule has 1 heteroatoms. The summed E-state index contributed by atoms with van der Waals surface area (Å²) in [5.74, 6) is 3.62. The number of nitrogens with two attached hydrogens (primary N) is 1. The van der Waals surface area contributed by atoms with E-state index in [4.69, 9.17) is 5.73 Å². The second-order valence-electron chi connectivity index (χ2n) is 5.59. The van der Waals surface area contributed by atoms with Crippen LogP contribution in [0.25, 0.3) is 0 Å². The van der Waals surface area contributed by atoms with Crippen LogP contribution >= 0.6 is 0 Å². The SMILES string of the molecule is CCC(CC)CC1CC(C)CCC1CN. The van der Waals surface area contributed by atoms with Gasteiger partial charge in [0.2, 0.25) is 0 Å². The zero-order chi connectivity index (χ0) is 11.3. The van der Waals surface area contributed by atoms with Crippen LogP contribution in [0.1, 0.15) is 59.3 Å². The predicted molar refractivity (Wildman–Crippen MR) is 67.7 cm³/mol. The van der Waals surface area contributed by atoms with Crippen molar-refractivity contribution in [2.75, 3.05) is 6.54 Å². The van der Waals surface area contributed by atoms with Crippen molar-refractivity contribution in [3.63, 3.8) is 0 Å². The van der Waals surface area contributed by atoms with Crippen molar-refractivity contribution >= 4 is 0 Å². The molecule has 90 valence electrons. The first-order valence-corrected chi connectivity index (χ1v) is 6.91. The van der Waals surface area contributed by atoms with Crippen LogP contribution in [0, 0.1) is 23.7 Å². The summed E-state index contributed by atoms with van der Waals surface area (Å²) >= 11 is 0. The van der Waals surface area contributed by atoms with Gasteiger partial charge in [0.1, 0.15) is 0 Å². The summed E-state index contributed by atoms with van der Waals surface area (Å²) in [5, 5.41) is 0. The molecule has 0 spiro atoms. The third kappa shape index (κ3) is 3.79. The lowest BCUT2D eigenvalue weighted by Crippen LogP contribution is -2.31. The van der Waals surface area contributed by atoms with E-state index in [-0.39, 0.29) is 0 Å². The summed E-state index contributed by atoms with van der Waals surface area (Å²) in [6.07, 6.45) is 8.33. The summed E-state index contributed by atoms with van der Waals surface area (Å²) in [4.78, 5) is 0. The first-order chi connectivity index (χ1) is 7.21. The molecule has 2 N–H and O–H groups in total. The van der Waals surface area contributed by atoms with E-state index in [9.17, 15) is 0 Å². The van der Waals surface area contributed by atoms with Gasteiger partial charge in [-0.25, -0.2) is 0 Å². The monoisotopic (exact) mass is 211 g/mol. The maximum Gasteiger partial charge on any atom is -0.00462 e. The third-order valence-electron chi connectivity index (χ3n) is 4.50. The highest BCUT2D eigenvalue weighted by molar-refractivity contribution is 4.80. The lowest BCUT2D eigenvalue weighted by atomic mass is 9.71. The smallest absolute Gasteiger partial charge is 0.00462 e. The van der Waals surface area contributed by atoms with Gasteiger partial charge in [0.15, 0.2) is 0 Å². The van der Waals surface area contributed by atoms with Crippen molar-refractivity contribution in [3.8, 4) is 0 Å². The van der Waals surface area contributed by atoms with E-state index in [1.807, 2.05) is 0 Å². The van der Waals surface area contributed by atoms with Crippen molar-refractivity contribution in [1.29, 1.82) is 0 Å². The van der Waals surface area contributed by atoms with Crippen LogP contribution in [0.3, 0.4) is 0 Å². The van der Waals surface area contributed by atoms with E-state index in [1.165, 1.54) is 38.5 Å². The molecule has 15 heavy (non-hydrogen) atoms. The Bertz CT molecular complexity index is 163. The van der Waals surface area contributed by atoms with E-state index in [0.29, 0.717) is 0 Å². The van der Waals surface area contributed by atoms with Crippen molar-refractivity contribution in [2.45, 2.75) is 59.3 Å². The molecule has 0 bridgehead atoms. The van der Waals surface area contributed by atoms with Crippen LogP contribution in [0.4, 0.5) is 0 Å². The van der Waals surface area contributed by atoms with Crippen molar-refractivity contribution in [2.24, 2.45) is 29.4 Å². The fourth-order valence-corrected chi connectivity index (χ4v) is 3.21. The topological polar surface area (TPSA) is 26.0 Å². The van der Waals surface area contributed by atoms with Crippen LogP contribution in [0.2, 0.25) is 0 Å². The highest BCUT2D eigenvalue weighted by atomic mass is 14.6. The van der Waals surface area contributed by atoms with E-state index in [2.05, 4.69) is 20.8 Å². The molecule has 0 aromatic rings. The molecular weight excluding hydrogens is 182 g/mol. The quantitative estimate of drug-likeness (QED) is 0.735. The maximum absolute atomic E-state index is 5.90. The Kier molecular flexibility index (Phi) is 5.66. The van der Waals surface area contributed by atoms with Gasteiger partial charge in [0.25, 0.3) is 0 Å². The van der Waals surface area contributed by atoms with Gasteiger partial charge in [-0.2, -0.15) is 0 Å². The Hall–Kier alpha value is -0.0400. The summed E-state index contributed by atoms with van der Waals surface area (Å²) < 4.78 is 0. The van der Waals surface area contributed by atoms with Crippen molar-refractivity contribution in [3.05, 3.63) is 0 Å². The van der Waals surface area contributed by atoms with Crippen LogP contribution in [0.15, 0.2) is 0 Å². The second-order valence-corrected chi connectivity index (χ2v) is 5.59. The molecule has 0 aromatic carbocycles. The molecular formula is C14H29N. The zero-order valence-electron chi connectivity index (χ0n) is 10.8. The summed E-state index contributed by atoms with van der Waals surface area (Å²) in [7, 11) is 0. The van der Waals surface area contributed by atoms with Gasteiger partial charge >= 0.3 is 0 Å². The van der Waals surface area contributed by atoms with Gasteiger partial charge < -0.3 is 5.73 Å². The number of hydrogen-bond acceptors (Lipinski definition) is 1. The fourth-order valence-electron chi connectivity index (χ4n) is 3.21. The van der Waals surface area contributed by atoms with Crippen LogP contribution in [0.5, 0.6) is 0 Å². The molecule has 0 aromatic heterocycles. The minimum absolute atomic E-state index is 0.821. The van der Waals surface area contributed by atoms with E-state index >= 15 is 0 Å². The molecule has 3 atom stereocenters. The lowest BCUT2D eigenvalue weighted by molar-refractivity contribution is 0.159. The molecule has 0 amide bonds. The van der Waals surface area contributed by atoms with Gasteiger partial charge in [-0.15, -0.1) is 0 Å². The highest BCUT2D eigenvalue weighted by Gasteiger charge is 2.28. The van der Waals surface area contributed by atoms with Crippen molar-refractivity contribution in [1.82, 2.24) is 0 Å². The third-order valence-corrected chi connectivity index (χ3v) is 4.50. The zero-order valence-corrected chi connectivity index (χ0v) is 10.8. The standard InChI is InChI=1S/C14H29N/c1-4-12(5-2)9-14-8-11(3)6-7-13(14)10-15/h11-14H,4-10,15H2,1-3H3. The van der Waals surface area contributed by atoms with Crippen molar-refractivity contribution < 1.29 is 0 Å². The Morgan fingerprint density at radius 2 is 1.80 bits per heavy atom. The summed E-state index contributed by atoms with van der Waals surface area (Å²) in [5.41, 5.74) is 5.90. The number of hydrogen-bond donors (Lipinski definition) is 1. The maximum atomic E-state index is 5.90. The summed E-state index contributed by atoms with van der Waals surface area (Å²) in [6.45, 7) is 7.99. The minimum atomic E-state index is 0.821. The van der Waals surface area contributed by atoms with E-state index in [0.717, 1.165) is 30.2 Å². The van der Waals surface area contributed by atoms with Crippen LogP contribution in [-0.2, 0) is 0 Å². The average molecular weight is 211 g/mol. The Balaban J connectivity index is 2.47. The van der Waals surface area contributed by atoms with E-state index in [1.54, 1.807) is 0 Å². The predicted octanol–water partition coefficient (Wildman–Crippen LogP) is 3.82. The highest BCUT2D eigenvalue weighted by Crippen LogP contribution is 2.37. The van der Waals surface area contributed by atoms with Gasteiger partial charge in [-0.3, -0.25) is 0 Å². The molecule has 1 aliphatic carbocycles. The van der Waals surface area contributed by atoms with Gasteiger partial charge in [-0.05, 0) is 49.5 Å². The van der Waals surface area contributed by atoms with Crippen LogP contribution < -0.4 is 5.73 Å². The largest absolute Gasteiger partial charge is 0.330 e. The van der Waals surface area contributed by atoms with E-state index < -0.39 is 0 Å². The molecule has 0 saturated heterocycles. The van der Waals surface area contributed by atoms with Crippen LogP contribution in [-0.4, -0.2) is 6.54 Å². The molecule has 0 heterocycles. The Morgan fingerprint density at radius 3 is 2.33 bits per heavy atom. The minimum Gasteiger partial charge on any atom is -0.330 e. The molecule has 1 aliphatic rings. The average Bonchev–Trinajstić information content (AvgIpc) is 2.26. The first-order valence-electron chi connectivity index (χ1n) is 6.91. The first kappa shape index (κ1) is 13.0. The normalized spacial score (nSPS) is 32.2. The Labute approximate surface area is 95.8 Å².